The molecule has 2 heteroatoms. The SMILES string of the molecule is CCCCCCCCCCCCCCCCCCC(OCC)(OCC)C(C)CCCCCCCC. The van der Waals surface area contributed by atoms with Gasteiger partial charge in [0.2, 0.25) is 0 Å². The molecule has 0 bridgehead atoms. The van der Waals surface area contributed by atoms with E-state index in [2.05, 4.69) is 34.6 Å². The van der Waals surface area contributed by atoms with E-state index in [1.165, 1.54) is 148 Å². The fourth-order valence-electron chi connectivity index (χ4n) is 5.58. The summed E-state index contributed by atoms with van der Waals surface area (Å²) in [5.74, 6) is 0.119. The van der Waals surface area contributed by atoms with E-state index in [9.17, 15) is 0 Å². The van der Waals surface area contributed by atoms with Gasteiger partial charge in [-0.25, -0.2) is 0 Å². The summed E-state index contributed by atoms with van der Waals surface area (Å²) >= 11 is 0. The molecule has 0 aliphatic rings. The van der Waals surface area contributed by atoms with Crippen molar-refractivity contribution in [1.29, 1.82) is 0 Å². The van der Waals surface area contributed by atoms with Gasteiger partial charge >= 0.3 is 0 Å². The molecule has 35 heavy (non-hydrogen) atoms. The van der Waals surface area contributed by atoms with Crippen molar-refractivity contribution in [3.8, 4) is 0 Å². The molecular formula is C33H68O2. The molecule has 0 fully saturated rings. The lowest BCUT2D eigenvalue weighted by Crippen LogP contribution is -2.43. The Kier molecular flexibility index (Phi) is 26.9. The Morgan fingerprint density at radius 3 is 1.09 bits per heavy atom. The van der Waals surface area contributed by atoms with Crippen molar-refractivity contribution in [1.82, 2.24) is 0 Å². The molecule has 0 aromatic carbocycles. The van der Waals surface area contributed by atoms with Crippen LogP contribution in [0, 0.1) is 5.92 Å². The molecule has 1 atom stereocenters. The van der Waals surface area contributed by atoms with Crippen LogP contribution in [-0.4, -0.2) is 19.0 Å². The topological polar surface area (TPSA) is 18.5 Å². The van der Waals surface area contributed by atoms with Gasteiger partial charge in [0, 0.05) is 25.6 Å². The van der Waals surface area contributed by atoms with Crippen molar-refractivity contribution in [3.63, 3.8) is 0 Å². The van der Waals surface area contributed by atoms with Crippen LogP contribution in [0.2, 0.25) is 0 Å². The van der Waals surface area contributed by atoms with Crippen molar-refractivity contribution in [2.45, 2.75) is 195 Å². The van der Waals surface area contributed by atoms with Crippen LogP contribution in [0.15, 0.2) is 0 Å². The van der Waals surface area contributed by atoms with Crippen molar-refractivity contribution in [2.24, 2.45) is 5.92 Å². The molecule has 0 N–H and O–H groups in total. The second-order valence-electron chi connectivity index (χ2n) is 11.2. The van der Waals surface area contributed by atoms with Gasteiger partial charge in [-0.3, -0.25) is 0 Å². The summed E-state index contributed by atoms with van der Waals surface area (Å²) in [7, 11) is 0. The van der Waals surface area contributed by atoms with Gasteiger partial charge in [-0.15, -0.1) is 0 Å². The van der Waals surface area contributed by atoms with E-state index in [1.54, 1.807) is 0 Å². The Morgan fingerprint density at radius 2 is 0.743 bits per heavy atom. The highest BCUT2D eigenvalue weighted by molar-refractivity contribution is 4.78. The summed E-state index contributed by atoms with van der Waals surface area (Å²) in [6, 6.07) is 0. The third kappa shape index (κ3) is 20.6. The number of hydrogen-bond acceptors (Lipinski definition) is 2. The predicted octanol–water partition coefficient (Wildman–Crippen LogP) is 11.8. The number of hydrogen-bond donors (Lipinski definition) is 0. The van der Waals surface area contributed by atoms with E-state index < -0.39 is 0 Å². The van der Waals surface area contributed by atoms with Crippen molar-refractivity contribution in [2.75, 3.05) is 13.2 Å². The molecule has 0 radical (unpaired) electrons. The lowest BCUT2D eigenvalue weighted by atomic mass is 9.89. The summed E-state index contributed by atoms with van der Waals surface area (Å²) < 4.78 is 12.7. The average Bonchev–Trinajstić information content (AvgIpc) is 2.85. The first-order valence-electron chi connectivity index (χ1n) is 16.4. The highest BCUT2D eigenvalue weighted by atomic mass is 16.7. The fourth-order valence-corrected chi connectivity index (χ4v) is 5.58. The Morgan fingerprint density at radius 1 is 0.429 bits per heavy atom. The smallest absolute Gasteiger partial charge is 0.170 e. The Labute approximate surface area is 223 Å². The Balaban J connectivity index is 3.89. The van der Waals surface area contributed by atoms with Gasteiger partial charge < -0.3 is 9.47 Å². The van der Waals surface area contributed by atoms with Crippen LogP contribution in [0.25, 0.3) is 0 Å². The van der Waals surface area contributed by atoms with E-state index >= 15 is 0 Å². The molecule has 212 valence electrons. The van der Waals surface area contributed by atoms with Crippen LogP contribution in [0.5, 0.6) is 0 Å². The van der Waals surface area contributed by atoms with Gasteiger partial charge in [-0.2, -0.15) is 0 Å². The van der Waals surface area contributed by atoms with Gasteiger partial charge in [0.1, 0.15) is 0 Å². The molecular weight excluding hydrogens is 428 g/mol. The van der Waals surface area contributed by atoms with E-state index in [0.717, 1.165) is 19.6 Å². The molecule has 0 saturated heterocycles. The third-order valence-corrected chi connectivity index (χ3v) is 7.90. The quantitative estimate of drug-likeness (QED) is 0.0757. The highest BCUT2D eigenvalue weighted by Crippen LogP contribution is 2.34. The number of rotatable bonds is 29. The third-order valence-electron chi connectivity index (χ3n) is 7.90. The maximum atomic E-state index is 6.33. The fraction of sp³-hybridized carbons (Fsp3) is 1.00. The van der Waals surface area contributed by atoms with Gasteiger partial charge in [0.15, 0.2) is 5.79 Å². The van der Waals surface area contributed by atoms with Crippen LogP contribution in [0.1, 0.15) is 189 Å². The number of unbranched alkanes of at least 4 members (excludes halogenated alkanes) is 20. The van der Waals surface area contributed by atoms with Crippen LogP contribution < -0.4 is 0 Å². The zero-order valence-electron chi connectivity index (χ0n) is 25.3. The zero-order valence-corrected chi connectivity index (χ0v) is 25.3. The molecule has 0 heterocycles. The monoisotopic (exact) mass is 497 g/mol. The van der Waals surface area contributed by atoms with Gasteiger partial charge in [0.25, 0.3) is 0 Å². The highest BCUT2D eigenvalue weighted by Gasteiger charge is 2.36. The summed E-state index contributed by atoms with van der Waals surface area (Å²) in [6.07, 6.45) is 33.1. The first-order valence-corrected chi connectivity index (χ1v) is 16.4. The molecule has 0 saturated carbocycles. The van der Waals surface area contributed by atoms with Gasteiger partial charge in [0.05, 0.1) is 0 Å². The van der Waals surface area contributed by atoms with Crippen molar-refractivity contribution < 1.29 is 9.47 Å². The standard InChI is InChI=1S/C33H68O2/c1-6-10-12-14-16-17-18-19-20-21-22-23-24-25-27-29-31-33(34-8-3,35-9-4)32(5)30-28-26-15-13-11-7-2/h32H,6-31H2,1-5H3. The van der Waals surface area contributed by atoms with E-state index in [4.69, 9.17) is 9.47 Å². The molecule has 0 spiro atoms. The summed E-state index contributed by atoms with van der Waals surface area (Å²) in [6.45, 7) is 12.7. The maximum absolute atomic E-state index is 6.33. The molecule has 0 aliphatic heterocycles. The summed E-state index contributed by atoms with van der Waals surface area (Å²) in [5.41, 5.74) is 0. The molecule has 0 rings (SSSR count). The van der Waals surface area contributed by atoms with Crippen LogP contribution >= 0.6 is 0 Å². The van der Waals surface area contributed by atoms with Crippen LogP contribution in [0.3, 0.4) is 0 Å². The molecule has 2 nitrogen and oxygen atoms in total. The molecule has 1 unspecified atom stereocenters. The minimum absolute atomic E-state index is 0.358. The predicted molar refractivity (Wildman–Crippen MR) is 157 cm³/mol. The first kappa shape index (κ1) is 34.9. The summed E-state index contributed by atoms with van der Waals surface area (Å²) in [5, 5.41) is 0. The summed E-state index contributed by atoms with van der Waals surface area (Å²) in [4.78, 5) is 0. The average molecular weight is 497 g/mol. The van der Waals surface area contributed by atoms with E-state index in [0.29, 0.717) is 5.92 Å². The first-order chi connectivity index (χ1) is 17.2. The van der Waals surface area contributed by atoms with E-state index in [-0.39, 0.29) is 5.79 Å². The minimum Gasteiger partial charge on any atom is -0.350 e. The Hall–Kier alpha value is -0.0800. The van der Waals surface area contributed by atoms with Crippen molar-refractivity contribution >= 4 is 0 Å². The molecule has 0 amide bonds. The molecule has 0 aromatic heterocycles. The van der Waals surface area contributed by atoms with Gasteiger partial charge in [-0.1, -0.05) is 156 Å². The van der Waals surface area contributed by atoms with E-state index in [1.807, 2.05) is 0 Å². The zero-order chi connectivity index (χ0) is 25.9. The normalized spacial score (nSPS) is 12.9. The number of ether oxygens (including phenoxy) is 2. The van der Waals surface area contributed by atoms with Crippen LogP contribution in [-0.2, 0) is 9.47 Å². The molecule has 0 aliphatic carbocycles. The van der Waals surface area contributed by atoms with Gasteiger partial charge in [-0.05, 0) is 26.7 Å². The Bertz CT molecular complexity index is 389. The second-order valence-corrected chi connectivity index (χ2v) is 11.2. The lowest BCUT2D eigenvalue weighted by Gasteiger charge is -2.39. The van der Waals surface area contributed by atoms with Crippen LogP contribution in [0.4, 0.5) is 0 Å². The second kappa shape index (κ2) is 27.0. The largest absolute Gasteiger partial charge is 0.350 e. The lowest BCUT2D eigenvalue weighted by molar-refractivity contribution is -0.266. The minimum atomic E-state index is -0.358. The molecule has 0 aromatic rings. The van der Waals surface area contributed by atoms with Crippen molar-refractivity contribution in [3.05, 3.63) is 0 Å². The maximum Gasteiger partial charge on any atom is 0.170 e.